The van der Waals surface area contributed by atoms with Crippen LogP contribution in [0.15, 0.2) is 41.5 Å². The number of halogens is 2. The van der Waals surface area contributed by atoms with Gasteiger partial charge in [0.2, 0.25) is 10.0 Å². The van der Waals surface area contributed by atoms with Crippen LogP contribution in [0.1, 0.15) is 5.56 Å². The van der Waals surface area contributed by atoms with Crippen LogP contribution in [0.2, 0.25) is 10.0 Å². The molecule has 156 valence electrons. The highest BCUT2D eigenvalue weighted by atomic mass is 35.5. The summed E-state index contributed by atoms with van der Waals surface area (Å²) in [7, 11) is -0.828. The van der Waals surface area contributed by atoms with Crippen molar-refractivity contribution in [3.8, 4) is 11.5 Å². The summed E-state index contributed by atoms with van der Waals surface area (Å²) in [5.74, 6) is 0.266. The number of hydrazone groups is 1. The Kier molecular flexibility index (Phi) is 7.72. The van der Waals surface area contributed by atoms with Gasteiger partial charge in [0.1, 0.15) is 6.54 Å². The van der Waals surface area contributed by atoms with Gasteiger partial charge < -0.3 is 9.47 Å². The molecule has 0 bridgehead atoms. The molecule has 0 saturated carbocycles. The van der Waals surface area contributed by atoms with E-state index in [0.717, 1.165) is 10.6 Å². The minimum absolute atomic E-state index is 0.0250. The van der Waals surface area contributed by atoms with E-state index in [1.54, 1.807) is 18.2 Å². The van der Waals surface area contributed by atoms with Crippen LogP contribution >= 0.6 is 23.2 Å². The molecule has 0 saturated heterocycles. The van der Waals surface area contributed by atoms with Gasteiger partial charge in [-0.25, -0.2) is 13.8 Å². The molecule has 0 fully saturated rings. The Morgan fingerprint density at radius 1 is 1.17 bits per heavy atom. The van der Waals surface area contributed by atoms with E-state index in [2.05, 4.69) is 10.5 Å². The maximum Gasteiger partial charge on any atom is 0.260 e. The molecule has 0 aliphatic rings. The van der Waals surface area contributed by atoms with Gasteiger partial charge in [0, 0.05) is 5.56 Å². The minimum atomic E-state index is -3.81. The first-order valence-electron chi connectivity index (χ1n) is 8.13. The number of hydrogen-bond donors (Lipinski definition) is 1. The molecule has 0 aliphatic carbocycles. The number of sulfonamides is 1. The molecule has 1 N–H and O–H groups in total. The van der Waals surface area contributed by atoms with E-state index in [1.165, 1.54) is 38.6 Å². The van der Waals surface area contributed by atoms with Crippen LogP contribution in [0.5, 0.6) is 11.5 Å². The second-order valence-electron chi connectivity index (χ2n) is 5.72. The van der Waals surface area contributed by atoms with Crippen LogP contribution in [0.3, 0.4) is 0 Å². The lowest BCUT2D eigenvalue weighted by Gasteiger charge is -2.22. The molecule has 0 heterocycles. The molecule has 0 radical (unpaired) electrons. The maximum absolute atomic E-state index is 12.3. The number of benzene rings is 2. The summed E-state index contributed by atoms with van der Waals surface area (Å²) in [5.41, 5.74) is 2.93. The van der Waals surface area contributed by atoms with Gasteiger partial charge >= 0.3 is 0 Å². The van der Waals surface area contributed by atoms with Gasteiger partial charge in [-0.3, -0.25) is 9.10 Å². The van der Waals surface area contributed by atoms with Crippen molar-refractivity contribution in [2.45, 2.75) is 0 Å². The quantitative estimate of drug-likeness (QED) is 0.483. The zero-order chi connectivity index (χ0) is 21.6. The Morgan fingerprint density at radius 2 is 1.86 bits per heavy atom. The van der Waals surface area contributed by atoms with Crippen LogP contribution in [0.25, 0.3) is 0 Å². The molecule has 0 atom stereocenters. The third-order valence-corrected chi connectivity index (χ3v) is 5.65. The number of nitrogens with one attached hydrogen (secondary N) is 1. The van der Waals surface area contributed by atoms with E-state index < -0.39 is 22.5 Å². The molecule has 2 rings (SSSR count). The molecule has 0 aliphatic heterocycles. The lowest BCUT2D eigenvalue weighted by molar-refractivity contribution is -0.119. The Labute approximate surface area is 179 Å². The number of carbonyl (C=O) groups excluding carboxylic acids is 1. The fourth-order valence-electron chi connectivity index (χ4n) is 2.42. The summed E-state index contributed by atoms with van der Waals surface area (Å²) in [6.07, 6.45) is 2.32. The SMILES string of the molecule is COc1cccc(/C=N\NC(=O)CN(c2cccc(Cl)c2Cl)S(C)(=O)=O)c1OC. The van der Waals surface area contributed by atoms with Crippen molar-refractivity contribution >= 4 is 51.0 Å². The highest BCUT2D eigenvalue weighted by Gasteiger charge is 2.23. The van der Waals surface area contributed by atoms with E-state index in [4.69, 9.17) is 32.7 Å². The van der Waals surface area contributed by atoms with Crippen LogP contribution in [-0.4, -0.2) is 47.6 Å². The zero-order valence-corrected chi connectivity index (χ0v) is 18.2. The third-order valence-electron chi connectivity index (χ3n) is 3.71. The predicted molar refractivity (Wildman–Crippen MR) is 114 cm³/mol. The molecule has 0 aromatic heterocycles. The van der Waals surface area contributed by atoms with Gasteiger partial charge in [-0.15, -0.1) is 0 Å². The van der Waals surface area contributed by atoms with Crippen molar-refractivity contribution in [1.29, 1.82) is 0 Å². The van der Waals surface area contributed by atoms with Crippen molar-refractivity contribution in [1.82, 2.24) is 5.43 Å². The molecule has 0 unspecified atom stereocenters. The maximum atomic E-state index is 12.3. The topological polar surface area (TPSA) is 97.3 Å². The standard InChI is InChI=1S/C18H19Cl2N3O5S/c1-27-15-9-4-6-12(18(15)28-2)10-21-22-16(24)11-23(29(3,25)26)14-8-5-7-13(19)17(14)20/h4-10H,11H2,1-3H3,(H,22,24)/b21-10-. The number of ether oxygens (including phenoxy) is 2. The predicted octanol–water partition coefficient (Wildman–Crippen LogP) is 2.93. The monoisotopic (exact) mass is 459 g/mol. The largest absolute Gasteiger partial charge is 0.493 e. The normalized spacial score (nSPS) is 11.3. The van der Waals surface area contributed by atoms with Gasteiger partial charge in [0.25, 0.3) is 5.91 Å². The fourth-order valence-corrected chi connectivity index (χ4v) is 3.73. The first-order chi connectivity index (χ1) is 13.7. The first kappa shape index (κ1) is 22.8. The van der Waals surface area contributed by atoms with E-state index in [-0.39, 0.29) is 15.7 Å². The average molecular weight is 460 g/mol. The lowest BCUT2D eigenvalue weighted by Crippen LogP contribution is -2.39. The number of nitrogens with zero attached hydrogens (tertiary/aromatic N) is 2. The van der Waals surface area contributed by atoms with E-state index >= 15 is 0 Å². The summed E-state index contributed by atoms with van der Waals surface area (Å²) in [6.45, 7) is -0.536. The van der Waals surface area contributed by atoms with Crippen molar-refractivity contribution in [3.05, 3.63) is 52.0 Å². The van der Waals surface area contributed by atoms with Crippen LogP contribution < -0.4 is 19.2 Å². The summed E-state index contributed by atoms with van der Waals surface area (Å²) < 4.78 is 35.6. The molecular formula is C18H19Cl2N3O5S. The van der Waals surface area contributed by atoms with E-state index in [1.807, 2.05) is 0 Å². The highest BCUT2D eigenvalue weighted by molar-refractivity contribution is 7.92. The summed E-state index contributed by atoms with van der Waals surface area (Å²) >= 11 is 12.0. The number of hydrogen-bond acceptors (Lipinski definition) is 6. The van der Waals surface area contributed by atoms with E-state index in [0.29, 0.717) is 17.1 Å². The number of amides is 1. The van der Waals surface area contributed by atoms with Gasteiger partial charge in [0.15, 0.2) is 11.5 Å². The highest BCUT2D eigenvalue weighted by Crippen LogP contribution is 2.33. The molecule has 2 aromatic carbocycles. The van der Waals surface area contributed by atoms with Crippen molar-refractivity contribution in [2.24, 2.45) is 5.10 Å². The number of methoxy groups -OCH3 is 2. The Balaban J connectivity index is 2.18. The Hall–Kier alpha value is -2.49. The molecule has 0 spiro atoms. The number of anilines is 1. The van der Waals surface area contributed by atoms with Gasteiger partial charge in [-0.1, -0.05) is 35.3 Å². The Morgan fingerprint density at radius 3 is 2.48 bits per heavy atom. The van der Waals surface area contributed by atoms with Crippen LogP contribution in [0, 0.1) is 0 Å². The minimum Gasteiger partial charge on any atom is -0.493 e. The number of rotatable bonds is 8. The average Bonchev–Trinajstić information content (AvgIpc) is 2.67. The summed E-state index contributed by atoms with van der Waals surface area (Å²) in [6, 6.07) is 9.66. The second-order valence-corrected chi connectivity index (χ2v) is 8.41. The van der Waals surface area contributed by atoms with Crippen molar-refractivity contribution in [3.63, 3.8) is 0 Å². The zero-order valence-electron chi connectivity index (χ0n) is 15.8. The molecular weight excluding hydrogens is 441 g/mol. The fraction of sp³-hybridized carbons (Fsp3) is 0.222. The second kappa shape index (κ2) is 9.82. The summed E-state index contributed by atoms with van der Waals surface area (Å²) in [5, 5.41) is 4.05. The molecule has 2 aromatic rings. The van der Waals surface area contributed by atoms with E-state index in [9.17, 15) is 13.2 Å². The molecule has 11 heteroatoms. The Bertz CT molecular complexity index is 1030. The molecule has 8 nitrogen and oxygen atoms in total. The van der Waals surface area contributed by atoms with Crippen LogP contribution in [-0.2, 0) is 14.8 Å². The van der Waals surface area contributed by atoms with Crippen molar-refractivity contribution in [2.75, 3.05) is 31.3 Å². The van der Waals surface area contributed by atoms with Gasteiger partial charge in [0.05, 0.1) is 42.4 Å². The third kappa shape index (κ3) is 5.75. The van der Waals surface area contributed by atoms with Gasteiger partial charge in [-0.05, 0) is 24.3 Å². The lowest BCUT2D eigenvalue weighted by atomic mass is 10.2. The number of carbonyl (C=O) groups is 1. The molecule has 1 amide bonds. The van der Waals surface area contributed by atoms with Crippen LogP contribution in [0.4, 0.5) is 5.69 Å². The summed E-state index contributed by atoms with van der Waals surface area (Å²) in [4.78, 5) is 12.3. The first-order valence-corrected chi connectivity index (χ1v) is 10.7. The smallest absolute Gasteiger partial charge is 0.260 e. The van der Waals surface area contributed by atoms with Crippen molar-refractivity contribution < 1.29 is 22.7 Å². The van der Waals surface area contributed by atoms with Gasteiger partial charge in [-0.2, -0.15) is 5.10 Å². The molecule has 29 heavy (non-hydrogen) atoms. The number of para-hydroxylation sites is 1.